The van der Waals surface area contributed by atoms with E-state index >= 15 is 0 Å². The standard InChI is InChI=1S/C21H26N2O3/c1-6-23(4)14-22-19-12-20(25-5)18(11-16(19)3)21(24)26-13-17-9-7-15(2)8-10-17/h7-12,14H,6,13H2,1-5H3/b22-14+. The molecular formula is C21H26N2O3. The number of carbonyl (C=O) groups is 1. The van der Waals surface area contributed by atoms with Crippen molar-refractivity contribution in [2.24, 2.45) is 4.99 Å². The van der Waals surface area contributed by atoms with Crippen molar-refractivity contribution in [2.75, 3.05) is 20.7 Å². The van der Waals surface area contributed by atoms with Crippen molar-refractivity contribution in [3.8, 4) is 5.75 Å². The summed E-state index contributed by atoms with van der Waals surface area (Å²) in [5, 5.41) is 0. The number of nitrogens with zero attached hydrogens (tertiary/aromatic N) is 2. The van der Waals surface area contributed by atoms with Gasteiger partial charge in [-0.05, 0) is 38.0 Å². The molecule has 0 aliphatic carbocycles. The molecule has 5 heteroatoms. The molecule has 0 amide bonds. The second-order valence-corrected chi connectivity index (χ2v) is 6.22. The number of hydrogen-bond donors (Lipinski definition) is 0. The molecule has 2 rings (SSSR count). The van der Waals surface area contributed by atoms with Crippen LogP contribution >= 0.6 is 0 Å². The molecule has 0 radical (unpaired) electrons. The molecule has 0 aliphatic rings. The fourth-order valence-electron chi connectivity index (χ4n) is 2.30. The lowest BCUT2D eigenvalue weighted by Gasteiger charge is -2.13. The molecule has 0 saturated carbocycles. The summed E-state index contributed by atoms with van der Waals surface area (Å²) in [6.45, 7) is 7.07. The number of rotatable bonds is 7. The molecule has 0 aromatic heterocycles. The number of carbonyl (C=O) groups excluding carboxylic acids is 1. The smallest absolute Gasteiger partial charge is 0.342 e. The maximum absolute atomic E-state index is 12.5. The largest absolute Gasteiger partial charge is 0.496 e. The number of aliphatic imine (C=N–C) groups is 1. The monoisotopic (exact) mass is 354 g/mol. The van der Waals surface area contributed by atoms with E-state index in [4.69, 9.17) is 9.47 Å². The summed E-state index contributed by atoms with van der Waals surface area (Å²) < 4.78 is 10.8. The Morgan fingerprint density at radius 3 is 2.50 bits per heavy atom. The van der Waals surface area contributed by atoms with Crippen LogP contribution in [-0.4, -0.2) is 37.9 Å². The first kappa shape index (κ1) is 19.5. The van der Waals surface area contributed by atoms with Crippen LogP contribution in [0.25, 0.3) is 0 Å². The molecule has 0 aliphatic heterocycles. The first-order valence-electron chi connectivity index (χ1n) is 8.60. The van der Waals surface area contributed by atoms with E-state index in [9.17, 15) is 4.79 Å². The Morgan fingerprint density at radius 1 is 1.19 bits per heavy atom. The van der Waals surface area contributed by atoms with Gasteiger partial charge in [0.15, 0.2) is 0 Å². The molecule has 0 fully saturated rings. The van der Waals surface area contributed by atoms with Gasteiger partial charge in [-0.3, -0.25) is 0 Å². The third-order valence-corrected chi connectivity index (χ3v) is 4.12. The second-order valence-electron chi connectivity index (χ2n) is 6.22. The van der Waals surface area contributed by atoms with E-state index in [0.717, 1.165) is 23.4 Å². The molecule has 0 heterocycles. The Hall–Kier alpha value is -2.82. The quantitative estimate of drug-likeness (QED) is 0.423. The minimum atomic E-state index is -0.410. The highest BCUT2D eigenvalue weighted by atomic mass is 16.5. The average Bonchev–Trinajstić information content (AvgIpc) is 2.65. The van der Waals surface area contributed by atoms with Crippen molar-refractivity contribution in [3.63, 3.8) is 0 Å². The van der Waals surface area contributed by atoms with Crippen molar-refractivity contribution in [3.05, 3.63) is 58.7 Å². The lowest BCUT2D eigenvalue weighted by atomic mass is 10.1. The van der Waals surface area contributed by atoms with Crippen LogP contribution < -0.4 is 4.74 Å². The highest BCUT2D eigenvalue weighted by Crippen LogP contribution is 2.29. The summed E-state index contributed by atoms with van der Waals surface area (Å²) in [6.07, 6.45) is 1.76. The molecule has 0 N–H and O–H groups in total. The molecule has 2 aromatic carbocycles. The number of esters is 1. The van der Waals surface area contributed by atoms with E-state index in [1.165, 1.54) is 12.7 Å². The molecule has 0 spiro atoms. The van der Waals surface area contributed by atoms with Crippen LogP contribution in [0, 0.1) is 13.8 Å². The van der Waals surface area contributed by atoms with Gasteiger partial charge in [0, 0.05) is 19.7 Å². The summed E-state index contributed by atoms with van der Waals surface area (Å²) in [5.41, 5.74) is 4.16. The van der Waals surface area contributed by atoms with Crippen molar-refractivity contribution in [1.82, 2.24) is 4.90 Å². The average molecular weight is 354 g/mol. The molecule has 0 bridgehead atoms. The summed E-state index contributed by atoms with van der Waals surface area (Å²) in [7, 11) is 3.49. The van der Waals surface area contributed by atoms with Gasteiger partial charge in [-0.25, -0.2) is 9.79 Å². The van der Waals surface area contributed by atoms with Crippen molar-refractivity contribution in [2.45, 2.75) is 27.4 Å². The van der Waals surface area contributed by atoms with Crippen molar-refractivity contribution >= 4 is 18.0 Å². The Morgan fingerprint density at radius 2 is 1.88 bits per heavy atom. The van der Waals surface area contributed by atoms with Crippen LogP contribution in [-0.2, 0) is 11.3 Å². The molecule has 2 aromatic rings. The molecular weight excluding hydrogens is 328 g/mol. The third kappa shape index (κ3) is 5.09. The lowest BCUT2D eigenvalue weighted by Crippen LogP contribution is -2.14. The highest BCUT2D eigenvalue weighted by molar-refractivity contribution is 5.93. The highest BCUT2D eigenvalue weighted by Gasteiger charge is 2.16. The number of benzene rings is 2. The van der Waals surface area contributed by atoms with E-state index in [1.54, 1.807) is 18.5 Å². The van der Waals surface area contributed by atoms with Crippen LogP contribution in [0.5, 0.6) is 5.75 Å². The van der Waals surface area contributed by atoms with Gasteiger partial charge in [-0.1, -0.05) is 29.8 Å². The first-order chi connectivity index (χ1) is 12.4. The minimum absolute atomic E-state index is 0.225. The molecule has 138 valence electrons. The topological polar surface area (TPSA) is 51.1 Å². The zero-order chi connectivity index (χ0) is 19.1. The van der Waals surface area contributed by atoms with Crippen LogP contribution in [0.15, 0.2) is 41.4 Å². The maximum Gasteiger partial charge on any atom is 0.342 e. The fraction of sp³-hybridized carbons (Fsp3) is 0.333. The Kier molecular flexibility index (Phi) is 6.78. The van der Waals surface area contributed by atoms with Gasteiger partial charge in [0.05, 0.1) is 19.1 Å². The Balaban J connectivity index is 2.17. The minimum Gasteiger partial charge on any atom is -0.496 e. The Labute approximate surface area is 155 Å². The molecule has 0 saturated heterocycles. The van der Waals surface area contributed by atoms with Gasteiger partial charge in [-0.15, -0.1) is 0 Å². The zero-order valence-electron chi connectivity index (χ0n) is 16.1. The first-order valence-corrected chi connectivity index (χ1v) is 8.60. The van der Waals surface area contributed by atoms with Gasteiger partial charge in [0.1, 0.15) is 17.9 Å². The number of hydrogen-bond acceptors (Lipinski definition) is 4. The van der Waals surface area contributed by atoms with Crippen LogP contribution in [0.2, 0.25) is 0 Å². The van der Waals surface area contributed by atoms with Gasteiger partial charge in [-0.2, -0.15) is 0 Å². The maximum atomic E-state index is 12.5. The zero-order valence-corrected chi connectivity index (χ0v) is 16.1. The van der Waals surface area contributed by atoms with Gasteiger partial charge in [0.2, 0.25) is 0 Å². The van der Waals surface area contributed by atoms with Crippen LogP contribution in [0.3, 0.4) is 0 Å². The van der Waals surface area contributed by atoms with E-state index < -0.39 is 5.97 Å². The van der Waals surface area contributed by atoms with E-state index in [0.29, 0.717) is 11.3 Å². The molecule has 0 atom stereocenters. The SMILES string of the molecule is CCN(C)/C=N/c1cc(OC)c(C(=O)OCc2ccc(C)cc2)cc1C. The summed E-state index contributed by atoms with van der Waals surface area (Å²) >= 11 is 0. The summed E-state index contributed by atoms with van der Waals surface area (Å²) in [4.78, 5) is 18.9. The van der Waals surface area contributed by atoms with Crippen molar-refractivity contribution < 1.29 is 14.3 Å². The number of aryl methyl sites for hydroxylation is 2. The lowest BCUT2D eigenvalue weighted by molar-refractivity contribution is 0.0469. The fourth-order valence-corrected chi connectivity index (χ4v) is 2.30. The van der Waals surface area contributed by atoms with Crippen LogP contribution in [0.4, 0.5) is 5.69 Å². The normalized spacial score (nSPS) is 10.8. The second kappa shape index (κ2) is 9.04. The Bertz CT molecular complexity index is 783. The van der Waals surface area contributed by atoms with E-state index in [-0.39, 0.29) is 6.61 Å². The molecule has 26 heavy (non-hydrogen) atoms. The number of methoxy groups -OCH3 is 1. The van der Waals surface area contributed by atoms with E-state index in [1.807, 2.05) is 57.0 Å². The molecule has 0 unspecified atom stereocenters. The predicted molar refractivity (Wildman–Crippen MR) is 104 cm³/mol. The van der Waals surface area contributed by atoms with Crippen molar-refractivity contribution in [1.29, 1.82) is 0 Å². The van der Waals surface area contributed by atoms with Gasteiger partial charge < -0.3 is 14.4 Å². The van der Waals surface area contributed by atoms with Crippen LogP contribution in [0.1, 0.15) is 34.0 Å². The predicted octanol–water partition coefficient (Wildman–Crippen LogP) is 4.28. The molecule has 5 nitrogen and oxygen atoms in total. The third-order valence-electron chi connectivity index (χ3n) is 4.12. The summed E-state index contributed by atoms with van der Waals surface area (Å²) in [5.74, 6) is 0.0440. The number of ether oxygens (including phenoxy) is 2. The van der Waals surface area contributed by atoms with Gasteiger partial charge in [0.25, 0.3) is 0 Å². The van der Waals surface area contributed by atoms with E-state index in [2.05, 4.69) is 4.99 Å². The van der Waals surface area contributed by atoms with Gasteiger partial charge >= 0.3 is 5.97 Å². The summed E-state index contributed by atoms with van der Waals surface area (Å²) in [6, 6.07) is 11.4.